The molecule has 1 aliphatic carbocycles. The molecule has 0 radical (unpaired) electrons. The number of hydrogen-bond acceptors (Lipinski definition) is 3. The lowest BCUT2D eigenvalue weighted by molar-refractivity contribution is -0.133. The number of amides is 1. The van der Waals surface area contributed by atoms with Crippen molar-refractivity contribution in [3.63, 3.8) is 0 Å². The summed E-state index contributed by atoms with van der Waals surface area (Å²) in [6.45, 7) is 1.45. The van der Waals surface area contributed by atoms with Crippen molar-refractivity contribution in [3.05, 3.63) is 0 Å². The summed E-state index contributed by atoms with van der Waals surface area (Å²) < 4.78 is 5.56. The van der Waals surface area contributed by atoms with Crippen LogP contribution in [0, 0.1) is 5.92 Å². The van der Waals surface area contributed by atoms with Crippen LogP contribution in [0.1, 0.15) is 44.9 Å². The van der Waals surface area contributed by atoms with Crippen LogP contribution in [0.15, 0.2) is 0 Å². The highest BCUT2D eigenvalue weighted by Crippen LogP contribution is 2.30. The fraction of sp³-hybridized carbons (Fsp3) is 0.933. The van der Waals surface area contributed by atoms with Gasteiger partial charge < -0.3 is 15.0 Å². The number of hydrogen-bond donors (Lipinski definition) is 1. The number of ether oxygens (including phenoxy) is 1. The highest BCUT2D eigenvalue weighted by Gasteiger charge is 2.36. The van der Waals surface area contributed by atoms with Gasteiger partial charge in [-0.2, -0.15) is 0 Å². The van der Waals surface area contributed by atoms with Gasteiger partial charge in [0.2, 0.25) is 5.91 Å². The van der Waals surface area contributed by atoms with E-state index in [-0.39, 0.29) is 5.91 Å². The van der Waals surface area contributed by atoms with Crippen LogP contribution in [0.2, 0.25) is 0 Å². The van der Waals surface area contributed by atoms with Gasteiger partial charge >= 0.3 is 0 Å². The van der Waals surface area contributed by atoms with Gasteiger partial charge in [0.1, 0.15) is 0 Å². The number of carbonyl (C=O) groups excluding carboxylic acids is 1. The molecule has 0 aromatic carbocycles. The van der Waals surface area contributed by atoms with Crippen LogP contribution in [-0.2, 0) is 9.53 Å². The minimum absolute atomic E-state index is 0.252. The summed E-state index contributed by atoms with van der Waals surface area (Å²) in [5, 5.41) is 3.62. The van der Waals surface area contributed by atoms with Crippen molar-refractivity contribution in [2.45, 2.75) is 63.1 Å². The predicted molar refractivity (Wildman–Crippen MR) is 73.9 cm³/mol. The topological polar surface area (TPSA) is 41.6 Å². The van der Waals surface area contributed by atoms with E-state index < -0.39 is 0 Å². The summed E-state index contributed by atoms with van der Waals surface area (Å²) in [7, 11) is 1.97. The van der Waals surface area contributed by atoms with Gasteiger partial charge in [0.05, 0.1) is 13.0 Å². The van der Waals surface area contributed by atoms with E-state index in [4.69, 9.17) is 4.74 Å². The normalized spacial score (nSPS) is 33.4. The van der Waals surface area contributed by atoms with Crippen molar-refractivity contribution >= 4 is 5.91 Å². The van der Waals surface area contributed by atoms with E-state index in [1.165, 1.54) is 25.7 Å². The minimum atomic E-state index is 0.252. The zero-order chi connectivity index (χ0) is 13.2. The number of carbonyl (C=O) groups is 1. The molecule has 3 rings (SSSR count). The fourth-order valence-corrected chi connectivity index (χ4v) is 3.42. The summed E-state index contributed by atoms with van der Waals surface area (Å²) in [6, 6.07) is 1.73. The van der Waals surface area contributed by atoms with Crippen molar-refractivity contribution in [2.75, 3.05) is 20.3 Å². The second kappa shape index (κ2) is 5.80. The first-order valence-electron chi connectivity index (χ1n) is 7.82. The molecule has 0 aromatic rings. The van der Waals surface area contributed by atoms with Crippen molar-refractivity contribution in [3.8, 4) is 0 Å². The number of nitrogens with one attached hydrogen (secondary N) is 1. The van der Waals surface area contributed by atoms with Crippen molar-refractivity contribution in [2.24, 2.45) is 5.92 Å². The first-order chi connectivity index (χ1) is 9.22. The second-order valence-corrected chi connectivity index (χ2v) is 6.54. The highest BCUT2D eigenvalue weighted by atomic mass is 16.5. The molecule has 2 aliphatic heterocycles. The molecule has 108 valence electrons. The van der Waals surface area contributed by atoms with E-state index in [1.807, 2.05) is 11.9 Å². The third-order valence-electron chi connectivity index (χ3n) is 4.90. The molecule has 19 heavy (non-hydrogen) atoms. The second-order valence-electron chi connectivity index (χ2n) is 6.54. The number of fused-ring (bicyclic) bond motifs is 2. The quantitative estimate of drug-likeness (QED) is 0.742. The number of piperidine rings is 1. The van der Waals surface area contributed by atoms with Crippen LogP contribution in [-0.4, -0.2) is 49.2 Å². The molecule has 1 saturated carbocycles. The van der Waals surface area contributed by atoms with Gasteiger partial charge in [-0.25, -0.2) is 0 Å². The molecular weight excluding hydrogens is 240 g/mol. The van der Waals surface area contributed by atoms with Gasteiger partial charge in [-0.15, -0.1) is 0 Å². The maximum absolute atomic E-state index is 12.2. The molecule has 3 fully saturated rings. The first-order valence-corrected chi connectivity index (χ1v) is 7.82. The van der Waals surface area contributed by atoms with E-state index in [2.05, 4.69) is 5.32 Å². The van der Waals surface area contributed by atoms with Gasteiger partial charge in [0, 0.05) is 31.8 Å². The lowest BCUT2D eigenvalue weighted by Crippen LogP contribution is -2.48. The summed E-state index contributed by atoms with van der Waals surface area (Å²) in [4.78, 5) is 14.1. The zero-order valence-corrected chi connectivity index (χ0v) is 11.9. The lowest BCUT2D eigenvalue weighted by atomic mass is 9.98. The molecule has 2 unspecified atom stereocenters. The van der Waals surface area contributed by atoms with E-state index in [0.29, 0.717) is 31.2 Å². The highest BCUT2D eigenvalue weighted by molar-refractivity contribution is 5.76. The van der Waals surface area contributed by atoms with Crippen LogP contribution in [0.5, 0.6) is 0 Å². The van der Waals surface area contributed by atoms with Crippen molar-refractivity contribution in [1.29, 1.82) is 0 Å². The standard InChI is InChI=1S/C15H26N2O2/c1-17(14-8-12-4-5-13(9-14)16-12)15(18)6-7-19-10-11-2-3-11/h11-14,16H,2-10H2,1H3. The number of rotatable bonds is 6. The summed E-state index contributed by atoms with van der Waals surface area (Å²) in [5.74, 6) is 1.04. The molecule has 0 aromatic heterocycles. The Kier molecular flexibility index (Phi) is 4.08. The minimum Gasteiger partial charge on any atom is -0.381 e. The van der Waals surface area contributed by atoms with Crippen LogP contribution in [0.3, 0.4) is 0 Å². The molecule has 4 nitrogen and oxygen atoms in total. The third kappa shape index (κ3) is 3.48. The maximum atomic E-state index is 12.2. The van der Waals surface area contributed by atoms with Gasteiger partial charge in [-0.1, -0.05) is 0 Å². The summed E-state index contributed by atoms with van der Waals surface area (Å²) >= 11 is 0. The Hall–Kier alpha value is -0.610. The summed E-state index contributed by atoms with van der Waals surface area (Å²) in [6.07, 6.45) is 7.99. The largest absolute Gasteiger partial charge is 0.381 e. The predicted octanol–water partition coefficient (Wildman–Crippen LogP) is 1.54. The Morgan fingerprint density at radius 2 is 1.89 bits per heavy atom. The SMILES string of the molecule is CN(C(=O)CCOCC1CC1)C1CC2CCC(C1)N2. The summed E-state index contributed by atoms with van der Waals surface area (Å²) in [5.41, 5.74) is 0. The maximum Gasteiger partial charge on any atom is 0.224 e. The average Bonchev–Trinajstić information content (AvgIpc) is 3.18. The Morgan fingerprint density at radius 1 is 1.21 bits per heavy atom. The molecule has 1 N–H and O–H groups in total. The van der Waals surface area contributed by atoms with Crippen LogP contribution >= 0.6 is 0 Å². The lowest BCUT2D eigenvalue weighted by Gasteiger charge is -2.35. The van der Waals surface area contributed by atoms with Gasteiger partial charge in [0.25, 0.3) is 0 Å². The zero-order valence-electron chi connectivity index (χ0n) is 11.9. The Morgan fingerprint density at radius 3 is 2.53 bits per heavy atom. The van der Waals surface area contributed by atoms with Gasteiger partial charge in [-0.3, -0.25) is 4.79 Å². The fourth-order valence-electron chi connectivity index (χ4n) is 3.42. The average molecular weight is 266 g/mol. The smallest absolute Gasteiger partial charge is 0.224 e. The van der Waals surface area contributed by atoms with E-state index in [1.54, 1.807) is 0 Å². The molecule has 1 amide bonds. The molecule has 3 aliphatic rings. The van der Waals surface area contributed by atoms with Gasteiger partial charge in [-0.05, 0) is 44.4 Å². The Bertz CT molecular complexity index is 318. The molecule has 0 spiro atoms. The molecule has 4 heteroatoms. The molecular formula is C15H26N2O2. The molecule has 2 heterocycles. The monoisotopic (exact) mass is 266 g/mol. The van der Waals surface area contributed by atoms with Crippen molar-refractivity contribution < 1.29 is 9.53 Å². The number of nitrogens with zero attached hydrogens (tertiary/aromatic N) is 1. The Balaban J connectivity index is 1.38. The Labute approximate surface area is 115 Å². The van der Waals surface area contributed by atoms with Crippen molar-refractivity contribution in [1.82, 2.24) is 10.2 Å². The van der Waals surface area contributed by atoms with Gasteiger partial charge in [0.15, 0.2) is 0 Å². The molecule has 2 atom stereocenters. The van der Waals surface area contributed by atoms with E-state index in [0.717, 1.165) is 25.4 Å². The first kappa shape index (κ1) is 13.4. The van der Waals surface area contributed by atoms with E-state index in [9.17, 15) is 4.79 Å². The van der Waals surface area contributed by atoms with Crippen LogP contribution in [0.4, 0.5) is 0 Å². The molecule has 2 bridgehead atoms. The van der Waals surface area contributed by atoms with Crippen LogP contribution < -0.4 is 5.32 Å². The van der Waals surface area contributed by atoms with E-state index >= 15 is 0 Å². The molecule has 2 saturated heterocycles. The third-order valence-corrected chi connectivity index (χ3v) is 4.90. The van der Waals surface area contributed by atoms with Crippen LogP contribution in [0.25, 0.3) is 0 Å².